The van der Waals surface area contributed by atoms with E-state index in [1.54, 1.807) is 28.7 Å². The van der Waals surface area contributed by atoms with E-state index in [1.165, 1.54) is 12.1 Å². The molecule has 154 valence electrons. The zero-order chi connectivity index (χ0) is 20.8. The summed E-state index contributed by atoms with van der Waals surface area (Å²) in [6, 6.07) is 11.5. The van der Waals surface area contributed by atoms with Gasteiger partial charge in [0.05, 0.1) is 17.7 Å². The van der Waals surface area contributed by atoms with Crippen molar-refractivity contribution in [3.05, 3.63) is 58.9 Å². The number of amides is 2. The van der Waals surface area contributed by atoms with E-state index in [9.17, 15) is 14.0 Å². The molecule has 2 aromatic rings. The van der Waals surface area contributed by atoms with Gasteiger partial charge in [0.25, 0.3) is 5.91 Å². The second kappa shape index (κ2) is 9.98. The molecule has 0 saturated carbocycles. The molecule has 0 spiro atoms. The summed E-state index contributed by atoms with van der Waals surface area (Å²) in [5.74, 6) is 0.861. The van der Waals surface area contributed by atoms with E-state index in [0.717, 1.165) is 16.7 Å². The summed E-state index contributed by atoms with van der Waals surface area (Å²) in [6.07, 6.45) is 0.439. The third-order valence-corrected chi connectivity index (χ3v) is 6.05. The van der Waals surface area contributed by atoms with Crippen LogP contribution in [0.3, 0.4) is 0 Å². The van der Waals surface area contributed by atoms with E-state index in [4.69, 9.17) is 16.3 Å². The Bertz CT molecular complexity index is 871. The number of carbonyl (C=O) groups excluding carboxylic acids is 2. The summed E-state index contributed by atoms with van der Waals surface area (Å²) < 4.78 is 18.3. The van der Waals surface area contributed by atoms with E-state index in [2.05, 4.69) is 0 Å². The topological polar surface area (TPSA) is 49.9 Å². The van der Waals surface area contributed by atoms with E-state index < -0.39 is 5.82 Å². The number of carbonyl (C=O) groups is 2. The molecule has 0 radical (unpaired) electrons. The highest BCUT2D eigenvalue weighted by Crippen LogP contribution is 2.23. The van der Waals surface area contributed by atoms with E-state index in [-0.39, 0.29) is 22.4 Å². The molecule has 1 aliphatic rings. The SMILES string of the molecule is COc1ccc(SCCC(=O)N2CCN(C(=O)c3ccc(F)cc3Cl)CC2)cc1. The van der Waals surface area contributed by atoms with Crippen molar-refractivity contribution in [2.24, 2.45) is 0 Å². The lowest BCUT2D eigenvalue weighted by atomic mass is 10.1. The number of piperazine rings is 1. The molecule has 8 heteroatoms. The summed E-state index contributed by atoms with van der Waals surface area (Å²) in [5.41, 5.74) is 0.281. The predicted molar refractivity (Wildman–Crippen MR) is 112 cm³/mol. The molecule has 0 atom stereocenters. The number of benzene rings is 2. The molecular weight excluding hydrogens is 415 g/mol. The number of halogens is 2. The van der Waals surface area contributed by atoms with Gasteiger partial charge in [0.15, 0.2) is 0 Å². The first-order valence-corrected chi connectivity index (χ1v) is 10.6. The average Bonchev–Trinajstić information content (AvgIpc) is 2.74. The molecule has 0 bridgehead atoms. The molecule has 0 unspecified atom stereocenters. The van der Waals surface area contributed by atoms with Crippen molar-refractivity contribution in [2.45, 2.75) is 11.3 Å². The molecular formula is C21H22ClFN2O3S. The summed E-state index contributed by atoms with van der Waals surface area (Å²) in [4.78, 5) is 29.6. The lowest BCUT2D eigenvalue weighted by Crippen LogP contribution is -2.50. The molecule has 0 N–H and O–H groups in total. The number of hydrogen-bond donors (Lipinski definition) is 0. The maximum atomic E-state index is 13.2. The molecule has 1 aliphatic heterocycles. The Morgan fingerprint density at radius 2 is 1.72 bits per heavy atom. The molecule has 3 rings (SSSR count). The average molecular weight is 437 g/mol. The third-order valence-electron chi connectivity index (χ3n) is 4.73. The first-order valence-electron chi connectivity index (χ1n) is 9.27. The summed E-state index contributed by atoms with van der Waals surface area (Å²) >= 11 is 7.61. The Morgan fingerprint density at radius 1 is 1.07 bits per heavy atom. The minimum Gasteiger partial charge on any atom is -0.497 e. The zero-order valence-corrected chi connectivity index (χ0v) is 17.6. The smallest absolute Gasteiger partial charge is 0.255 e. The standard InChI is InChI=1S/C21H22ClFN2O3S/c1-28-16-3-5-17(6-4-16)29-13-8-20(26)24-9-11-25(12-10-24)21(27)18-7-2-15(23)14-19(18)22/h2-7,14H,8-13H2,1H3. The largest absolute Gasteiger partial charge is 0.497 e. The number of hydrogen-bond acceptors (Lipinski definition) is 4. The van der Waals surface area contributed by atoms with Crippen LogP contribution in [-0.2, 0) is 4.79 Å². The normalized spacial score (nSPS) is 14.0. The zero-order valence-electron chi connectivity index (χ0n) is 16.1. The predicted octanol–water partition coefficient (Wildman–Crippen LogP) is 3.95. The second-order valence-electron chi connectivity index (χ2n) is 6.57. The lowest BCUT2D eigenvalue weighted by molar-refractivity contribution is -0.132. The van der Waals surface area contributed by atoms with Gasteiger partial charge in [-0.15, -0.1) is 11.8 Å². The summed E-state index contributed by atoms with van der Waals surface area (Å²) in [7, 11) is 1.63. The summed E-state index contributed by atoms with van der Waals surface area (Å²) in [5, 5.41) is 0.101. The Balaban J connectivity index is 1.44. The van der Waals surface area contributed by atoms with Crippen molar-refractivity contribution < 1.29 is 18.7 Å². The van der Waals surface area contributed by atoms with Crippen molar-refractivity contribution in [1.82, 2.24) is 9.80 Å². The molecule has 29 heavy (non-hydrogen) atoms. The van der Waals surface area contributed by atoms with Gasteiger partial charge in [-0.3, -0.25) is 9.59 Å². The van der Waals surface area contributed by atoms with Gasteiger partial charge in [0.2, 0.25) is 5.91 Å². The first-order chi connectivity index (χ1) is 14.0. The molecule has 1 saturated heterocycles. The van der Waals surface area contributed by atoms with Crippen LogP contribution in [0.25, 0.3) is 0 Å². The van der Waals surface area contributed by atoms with Gasteiger partial charge < -0.3 is 14.5 Å². The number of thioether (sulfide) groups is 1. The van der Waals surface area contributed by atoms with Crippen LogP contribution >= 0.6 is 23.4 Å². The molecule has 2 amide bonds. The van der Waals surface area contributed by atoms with Crippen molar-refractivity contribution in [3.63, 3.8) is 0 Å². The van der Waals surface area contributed by atoms with E-state index >= 15 is 0 Å². The quantitative estimate of drug-likeness (QED) is 0.643. The van der Waals surface area contributed by atoms with Crippen molar-refractivity contribution >= 4 is 35.2 Å². The van der Waals surface area contributed by atoms with Crippen molar-refractivity contribution in [1.29, 1.82) is 0 Å². The fourth-order valence-electron chi connectivity index (χ4n) is 3.08. The van der Waals surface area contributed by atoms with Crippen LogP contribution in [0.2, 0.25) is 5.02 Å². The van der Waals surface area contributed by atoms with Gasteiger partial charge in [-0.05, 0) is 42.5 Å². The monoisotopic (exact) mass is 436 g/mol. The molecule has 0 aromatic heterocycles. The van der Waals surface area contributed by atoms with Gasteiger partial charge >= 0.3 is 0 Å². The van der Waals surface area contributed by atoms with Crippen LogP contribution in [0.1, 0.15) is 16.8 Å². The minimum absolute atomic E-state index is 0.0814. The highest BCUT2D eigenvalue weighted by atomic mass is 35.5. The Kier molecular flexibility index (Phi) is 7.39. The van der Waals surface area contributed by atoms with Crippen LogP contribution in [0, 0.1) is 5.82 Å². The molecule has 2 aromatic carbocycles. The van der Waals surface area contributed by atoms with Crippen molar-refractivity contribution in [2.75, 3.05) is 39.0 Å². The van der Waals surface area contributed by atoms with Gasteiger partial charge in [-0.25, -0.2) is 4.39 Å². The highest BCUT2D eigenvalue weighted by Gasteiger charge is 2.25. The maximum absolute atomic E-state index is 13.2. The molecule has 1 fully saturated rings. The fraction of sp³-hybridized carbons (Fsp3) is 0.333. The Labute approximate surface area is 178 Å². The van der Waals surface area contributed by atoms with Gasteiger partial charge in [-0.1, -0.05) is 11.6 Å². The van der Waals surface area contributed by atoms with E-state index in [1.807, 2.05) is 24.3 Å². The fourth-order valence-corrected chi connectivity index (χ4v) is 4.17. The molecule has 0 aliphatic carbocycles. The minimum atomic E-state index is -0.477. The van der Waals surface area contributed by atoms with Gasteiger partial charge in [0, 0.05) is 43.2 Å². The number of methoxy groups -OCH3 is 1. The highest BCUT2D eigenvalue weighted by molar-refractivity contribution is 7.99. The van der Waals surface area contributed by atoms with Crippen LogP contribution in [0.15, 0.2) is 47.4 Å². The van der Waals surface area contributed by atoms with Crippen LogP contribution in [0.5, 0.6) is 5.75 Å². The molecule has 5 nitrogen and oxygen atoms in total. The van der Waals surface area contributed by atoms with Crippen LogP contribution < -0.4 is 4.74 Å². The van der Waals surface area contributed by atoms with Crippen LogP contribution in [-0.4, -0.2) is 60.7 Å². The third kappa shape index (κ3) is 5.64. The van der Waals surface area contributed by atoms with Gasteiger partial charge in [-0.2, -0.15) is 0 Å². The first kappa shape index (κ1) is 21.5. The Hall–Kier alpha value is -2.25. The number of rotatable bonds is 6. The Morgan fingerprint density at radius 3 is 2.34 bits per heavy atom. The number of ether oxygens (including phenoxy) is 1. The van der Waals surface area contributed by atoms with Gasteiger partial charge in [0.1, 0.15) is 11.6 Å². The number of nitrogens with zero attached hydrogens (tertiary/aromatic N) is 2. The molecule has 1 heterocycles. The van der Waals surface area contributed by atoms with Crippen molar-refractivity contribution in [3.8, 4) is 5.75 Å². The van der Waals surface area contributed by atoms with Crippen LogP contribution in [0.4, 0.5) is 4.39 Å². The summed E-state index contributed by atoms with van der Waals surface area (Å²) in [6.45, 7) is 1.83. The van der Waals surface area contributed by atoms with E-state index in [0.29, 0.717) is 38.4 Å². The maximum Gasteiger partial charge on any atom is 0.255 e. The lowest BCUT2D eigenvalue weighted by Gasteiger charge is -2.35. The second-order valence-corrected chi connectivity index (χ2v) is 8.15.